The summed E-state index contributed by atoms with van der Waals surface area (Å²) in [5.74, 6) is 0.681. The van der Waals surface area contributed by atoms with Gasteiger partial charge in [-0.1, -0.05) is 12.1 Å². The molecular formula is C16H25NO4. The number of aliphatic hydroxyl groups is 1. The topological polar surface area (TPSA) is 67.8 Å². The lowest BCUT2D eigenvalue weighted by Gasteiger charge is -2.23. The molecular weight excluding hydrogens is 270 g/mol. The molecule has 5 nitrogen and oxygen atoms in total. The molecule has 0 aliphatic rings. The average molecular weight is 295 g/mol. The molecule has 1 aromatic rings. The quantitative estimate of drug-likeness (QED) is 0.725. The van der Waals surface area contributed by atoms with Gasteiger partial charge in [0.05, 0.1) is 18.6 Å². The van der Waals surface area contributed by atoms with Crippen molar-refractivity contribution in [3.63, 3.8) is 0 Å². The first-order chi connectivity index (χ1) is 9.96. The summed E-state index contributed by atoms with van der Waals surface area (Å²) in [7, 11) is 1.58. The predicted molar refractivity (Wildman–Crippen MR) is 81.4 cm³/mol. The first-order valence-corrected chi connectivity index (χ1v) is 7.16. The number of amides is 1. The van der Waals surface area contributed by atoms with Gasteiger partial charge in [-0.3, -0.25) is 4.79 Å². The van der Waals surface area contributed by atoms with Gasteiger partial charge >= 0.3 is 0 Å². The predicted octanol–water partition coefficient (Wildman–Crippen LogP) is 1.53. The van der Waals surface area contributed by atoms with E-state index in [4.69, 9.17) is 9.47 Å². The summed E-state index contributed by atoms with van der Waals surface area (Å²) in [5.41, 5.74) is -0.0442. The maximum atomic E-state index is 11.9. The number of hydrogen-bond donors (Lipinski definition) is 2. The molecule has 0 saturated carbocycles. The van der Waals surface area contributed by atoms with Crippen LogP contribution in [0.1, 0.15) is 25.8 Å². The Labute approximate surface area is 126 Å². The van der Waals surface area contributed by atoms with Crippen molar-refractivity contribution in [3.8, 4) is 5.75 Å². The van der Waals surface area contributed by atoms with Crippen LogP contribution in [0.15, 0.2) is 24.3 Å². The van der Waals surface area contributed by atoms with Gasteiger partial charge in [0.25, 0.3) is 0 Å². The molecule has 0 aliphatic heterocycles. The molecule has 0 bridgehead atoms. The first-order valence-electron chi connectivity index (χ1n) is 7.16. The second-order valence-corrected chi connectivity index (χ2v) is 5.27. The highest BCUT2D eigenvalue weighted by molar-refractivity contribution is 5.78. The third-order valence-electron chi connectivity index (χ3n) is 3.11. The Bertz CT molecular complexity index is 428. The molecule has 2 N–H and O–H groups in total. The van der Waals surface area contributed by atoms with Crippen molar-refractivity contribution in [2.24, 2.45) is 0 Å². The second kappa shape index (κ2) is 8.64. The molecule has 0 fully saturated rings. The Hall–Kier alpha value is -1.59. The van der Waals surface area contributed by atoms with Gasteiger partial charge in [0.2, 0.25) is 5.91 Å². The SMILES string of the molecule is CCOc1ccc(CC(=O)NCC(C)(O)CCOC)cc1. The molecule has 1 aromatic carbocycles. The van der Waals surface area contributed by atoms with E-state index in [0.717, 1.165) is 11.3 Å². The third kappa shape index (κ3) is 7.11. The number of methoxy groups -OCH3 is 1. The summed E-state index contributed by atoms with van der Waals surface area (Å²) < 4.78 is 10.3. The molecule has 1 unspecified atom stereocenters. The number of carbonyl (C=O) groups is 1. The zero-order valence-electron chi connectivity index (χ0n) is 13.0. The van der Waals surface area contributed by atoms with Crippen LogP contribution < -0.4 is 10.1 Å². The summed E-state index contributed by atoms with van der Waals surface area (Å²) in [5, 5.41) is 12.8. The van der Waals surface area contributed by atoms with E-state index in [2.05, 4.69) is 5.32 Å². The van der Waals surface area contributed by atoms with Gasteiger partial charge in [0.1, 0.15) is 5.75 Å². The van der Waals surface area contributed by atoms with E-state index in [0.29, 0.717) is 19.6 Å². The number of nitrogens with one attached hydrogen (secondary N) is 1. The molecule has 0 aromatic heterocycles. The molecule has 1 atom stereocenters. The maximum absolute atomic E-state index is 11.9. The van der Waals surface area contributed by atoms with Gasteiger partial charge in [0, 0.05) is 26.7 Å². The minimum absolute atomic E-state index is 0.114. The van der Waals surface area contributed by atoms with Gasteiger partial charge in [-0.2, -0.15) is 0 Å². The minimum atomic E-state index is -0.954. The lowest BCUT2D eigenvalue weighted by molar-refractivity contribution is -0.121. The van der Waals surface area contributed by atoms with Crippen molar-refractivity contribution in [2.45, 2.75) is 32.3 Å². The van der Waals surface area contributed by atoms with E-state index in [9.17, 15) is 9.90 Å². The number of rotatable bonds is 9. The lowest BCUT2D eigenvalue weighted by Crippen LogP contribution is -2.41. The zero-order valence-corrected chi connectivity index (χ0v) is 13.0. The Kier molecular flexibility index (Phi) is 7.19. The minimum Gasteiger partial charge on any atom is -0.494 e. The fraction of sp³-hybridized carbons (Fsp3) is 0.562. The van der Waals surface area contributed by atoms with Gasteiger partial charge in [-0.15, -0.1) is 0 Å². The summed E-state index contributed by atoms with van der Waals surface area (Å²) in [6, 6.07) is 7.43. The molecule has 1 rings (SSSR count). The molecule has 0 heterocycles. The standard InChI is InChI=1S/C16H25NO4/c1-4-21-14-7-5-13(6-8-14)11-15(18)17-12-16(2,19)9-10-20-3/h5-8,19H,4,9-12H2,1-3H3,(H,17,18). The number of carbonyl (C=O) groups excluding carboxylic acids is 1. The molecule has 0 spiro atoms. The summed E-state index contributed by atoms with van der Waals surface area (Å²) in [6.07, 6.45) is 0.763. The molecule has 118 valence electrons. The Balaban J connectivity index is 2.39. The van der Waals surface area contributed by atoms with Crippen LogP contribution in [0.2, 0.25) is 0 Å². The van der Waals surface area contributed by atoms with Crippen molar-refractivity contribution in [1.29, 1.82) is 0 Å². The number of benzene rings is 1. The van der Waals surface area contributed by atoms with Crippen molar-refractivity contribution in [2.75, 3.05) is 26.9 Å². The zero-order chi connectivity index (χ0) is 15.7. The number of hydrogen-bond acceptors (Lipinski definition) is 4. The van der Waals surface area contributed by atoms with Crippen LogP contribution in [-0.2, 0) is 16.0 Å². The van der Waals surface area contributed by atoms with E-state index in [-0.39, 0.29) is 18.9 Å². The molecule has 5 heteroatoms. The van der Waals surface area contributed by atoms with Crippen molar-refractivity contribution in [3.05, 3.63) is 29.8 Å². The van der Waals surface area contributed by atoms with E-state index in [1.165, 1.54) is 0 Å². The fourth-order valence-electron chi connectivity index (χ4n) is 1.82. The average Bonchev–Trinajstić information content (AvgIpc) is 2.46. The normalized spacial score (nSPS) is 13.5. The fourth-order valence-corrected chi connectivity index (χ4v) is 1.82. The Morgan fingerprint density at radius 1 is 1.33 bits per heavy atom. The Morgan fingerprint density at radius 3 is 2.57 bits per heavy atom. The van der Waals surface area contributed by atoms with Crippen LogP contribution >= 0.6 is 0 Å². The smallest absolute Gasteiger partial charge is 0.224 e. The highest BCUT2D eigenvalue weighted by atomic mass is 16.5. The second-order valence-electron chi connectivity index (χ2n) is 5.27. The summed E-state index contributed by atoms with van der Waals surface area (Å²) in [4.78, 5) is 11.9. The third-order valence-corrected chi connectivity index (χ3v) is 3.11. The van der Waals surface area contributed by atoms with E-state index < -0.39 is 5.60 Å². The van der Waals surface area contributed by atoms with E-state index in [1.54, 1.807) is 14.0 Å². The molecule has 0 radical (unpaired) electrons. The largest absolute Gasteiger partial charge is 0.494 e. The van der Waals surface area contributed by atoms with Crippen molar-refractivity contribution < 1.29 is 19.4 Å². The highest BCUT2D eigenvalue weighted by Crippen LogP contribution is 2.12. The van der Waals surface area contributed by atoms with Crippen LogP contribution in [0.4, 0.5) is 0 Å². The van der Waals surface area contributed by atoms with Crippen molar-refractivity contribution >= 4 is 5.91 Å². The van der Waals surface area contributed by atoms with Crippen LogP contribution in [0.5, 0.6) is 5.75 Å². The van der Waals surface area contributed by atoms with Gasteiger partial charge in [0.15, 0.2) is 0 Å². The van der Waals surface area contributed by atoms with Crippen LogP contribution in [0.3, 0.4) is 0 Å². The first kappa shape index (κ1) is 17.5. The summed E-state index contributed by atoms with van der Waals surface area (Å²) in [6.45, 7) is 4.91. The monoisotopic (exact) mass is 295 g/mol. The van der Waals surface area contributed by atoms with Gasteiger partial charge in [-0.25, -0.2) is 0 Å². The van der Waals surface area contributed by atoms with Crippen molar-refractivity contribution in [1.82, 2.24) is 5.32 Å². The lowest BCUT2D eigenvalue weighted by atomic mass is 10.0. The molecule has 0 aliphatic carbocycles. The van der Waals surface area contributed by atoms with Crippen LogP contribution in [0, 0.1) is 0 Å². The van der Waals surface area contributed by atoms with E-state index in [1.807, 2.05) is 31.2 Å². The molecule has 0 saturated heterocycles. The van der Waals surface area contributed by atoms with E-state index >= 15 is 0 Å². The highest BCUT2D eigenvalue weighted by Gasteiger charge is 2.20. The Morgan fingerprint density at radius 2 is 2.00 bits per heavy atom. The molecule has 1 amide bonds. The van der Waals surface area contributed by atoms with Gasteiger partial charge < -0.3 is 19.9 Å². The maximum Gasteiger partial charge on any atom is 0.224 e. The molecule has 21 heavy (non-hydrogen) atoms. The number of ether oxygens (including phenoxy) is 2. The van der Waals surface area contributed by atoms with Gasteiger partial charge in [-0.05, 0) is 31.5 Å². The summed E-state index contributed by atoms with van der Waals surface area (Å²) >= 11 is 0. The van der Waals surface area contributed by atoms with Crippen LogP contribution in [-0.4, -0.2) is 43.5 Å². The van der Waals surface area contributed by atoms with Crippen LogP contribution in [0.25, 0.3) is 0 Å².